The molecular formula is C13H19BrN2S. The number of hydrogen-bond acceptors (Lipinski definition) is 3. The average molecular weight is 315 g/mol. The number of benzene rings is 1. The van der Waals surface area contributed by atoms with Gasteiger partial charge in [0.15, 0.2) is 0 Å². The van der Waals surface area contributed by atoms with Crippen LogP contribution in [0.5, 0.6) is 0 Å². The Morgan fingerprint density at radius 1 is 1.47 bits per heavy atom. The molecule has 1 fully saturated rings. The van der Waals surface area contributed by atoms with Crippen LogP contribution in [0, 0.1) is 5.92 Å². The van der Waals surface area contributed by atoms with Crippen molar-refractivity contribution in [3.05, 3.63) is 22.7 Å². The maximum atomic E-state index is 5.95. The minimum absolute atomic E-state index is 0.852. The van der Waals surface area contributed by atoms with Gasteiger partial charge < -0.3 is 11.1 Å². The van der Waals surface area contributed by atoms with E-state index in [2.05, 4.69) is 27.3 Å². The van der Waals surface area contributed by atoms with Crippen molar-refractivity contribution in [2.45, 2.75) is 24.2 Å². The minimum Gasteiger partial charge on any atom is -0.398 e. The minimum atomic E-state index is 0.852. The number of halogens is 1. The smallest absolute Gasteiger partial charge is 0.0453 e. The zero-order valence-electron chi connectivity index (χ0n) is 9.92. The highest BCUT2D eigenvalue weighted by atomic mass is 79.9. The van der Waals surface area contributed by atoms with Gasteiger partial charge in [0.05, 0.1) is 0 Å². The molecule has 1 atom stereocenters. The zero-order valence-corrected chi connectivity index (χ0v) is 12.3. The van der Waals surface area contributed by atoms with E-state index >= 15 is 0 Å². The number of thioether (sulfide) groups is 1. The molecule has 0 bridgehead atoms. The second-order valence-electron chi connectivity index (χ2n) is 4.53. The van der Waals surface area contributed by atoms with Gasteiger partial charge in [0.1, 0.15) is 0 Å². The lowest BCUT2D eigenvalue weighted by atomic mass is 9.97. The van der Waals surface area contributed by atoms with Gasteiger partial charge in [-0.2, -0.15) is 0 Å². The molecule has 0 spiro atoms. The van der Waals surface area contributed by atoms with Crippen molar-refractivity contribution < 1.29 is 0 Å². The Hall–Kier alpha value is -0.190. The summed E-state index contributed by atoms with van der Waals surface area (Å²) in [6, 6.07) is 6.07. The van der Waals surface area contributed by atoms with E-state index in [0.29, 0.717) is 0 Å². The summed E-state index contributed by atoms with van der Waals surface area (Å²) in [5.74, 6) is 2.01. The van der Waals surface area contributed by atoms with Crippen LogP contribution in [0.3, 0.4) is 0 Å². The van der Waals surface area contributed by atoms with Gasteiger partial charge in [0, 0.05) is 15.1 Å². The second-order valence-corrected chi connectivity index (χ2v) is 6.58. The highest BCUT2D eigenvalue weighted by Gasteiger charge is 2.12. The van der Waals surface area contributed by atoms with E-state index in [4.69, 9.17) is 5.73 Å². The number of rotatable bonds is 4. The molecule has 0 aliphatic carbocycles. The Kier molecular flexibility index (Phi) is 5.19. The van der Waals surface area contributed by atoms with Gasteiger partial charge in [-0.1, -0.05) is 15.9 Å². The first-order chi connectivity index (χ1) is 8.25. The predicted octanol–water partition coefficient (Wildman–Crippen LogP) is 3.51. The van der Waals surface area contributed by atoms with Gasteiger partial charge >= 0.3 is 0 Å². The lowest BCUT2D eigenvalue weighted by Gasteiger charge is -2.22. The standard InChI is InChI=1S/C13H19BrN2S/c14-11-3-4-12(15)13(8-11)17-7-5-10-2-1-6-16-9-10/h3-4,8,10,16H,1-2,5-7,9,15H2. The van der Waals surface area contributed by atoms with E-state index in [0.717, 1.165) is 21.8 Å². The Bertz CT molecular complexity index is 364. The van der Waals surface area contributed by atoms with Crippen LogP contribution in [0.2, 0.25) is 0 Å². The molecule has 0 saturated carbocycles. The third-order valence-corrected chi connectivity index (χ3v) is 4.76. The average Bonchev–Trinajstić information content (AvgIpc) is 2.35. The molecule has 2 nitrogen and oxygen atoms in total. The van der Waals surface area contributed by atoms with Crippen LogP contribution in [0.25, 0.3) is 0 Å². The molecule has 1 aromatic carbocycles. The summed E-state index contributed by atoms with van der Waals surface area (Å²) < 4.78 is 1.11. The molecule has 0 amide bonds. The van der Waals surface area contributed by atoms with Crippen LogP contribution in [0.15, 0.2) is 27.6 Å². The van der Waals surface area contributed by atoms with Gasteiger partial charge in [0.25, 0.3) is 0 Å². The van der Waals surface area contributed by atoms with Crippen LogP contribution in [-0.2, 0) is 0 Å². The van der Waals surface area contributed by atoms with E-state index in [9.17, 15) is 0 Å². The first-order valence-corrected chi connectivity index (χ1v) is 7.92. The fourth-order valence-electron chi connectivity index (χ4n) is 2.14. The highest BCUT2D eigenvalue weighted by molar-refractivity contribution is 9.10. The first-order valence-electron chi connectivity index (χ1n) is 6.14. The molecule has 1 heterocycles. The number of nitrogens with two attached hydrogens (primary N) is 1. The summed E-state index contributed by atoms with van der Waals surface area (Å²) in [7, 11) is 0. The SMILES string of the molecule is Nc1ccc(Br)cc1SCCC1CCCNC1. The summed E-state index contributed by atoms with van der Waals surface area (Å²) in [5.41, 5.74) is 6.84. The Balaban J connectivity index is 1.79. The largest absolute Gasteiger partial charge is 0.398 e. The molecule has 4 heteroatoms. The van der Waals surface area contributed by atoms with Crippen LogP contribution in [0.4, 0.5) is 5.69 Å². The third kappa shape index (κ3) is 4.19. The van der Waals surface area contributed by atoms with Crippen LogP contribution in [0.1, 0.15) is 19.3 Å². The number of anilines is 1. The molecule has 0 radical (unpaired) electrons. The van der Waals surface area contributed by atoms with E-state index < -0.39 is 0 Å². The molecule has 1 aliphatic heterocycles. The van der Waals surface area contributed by atoms with Crippen molar-refractivity contribution in [1.82, 2.24) is 5.32 Å². The van der Waals surface area contributed by atoms with Crippen LogP contribution in [-0.4, -0.2) is 18.8 Å². The summed E-state index contributed by atoms with van der Waals surface area (Å²) in [6.07, 6.45) is 3.99. The normalized spacial score (nSPS) is 20.4. The fourth-order valence-corrected chi connectivity index (χ4v) is 3.77. The lowest BCUT2D eigenvalue weighted by molar-refractivity contribution is 0.371. The van der Waals surface area contributed by atoms with Crippen molar-refractivity contribution in [1.29, 1.82) is 0 Å². The summed E-state index contributed by atoms with van der Waals surface area (Å²) >= 11 is 5.36. The highest BCUT2D eigenvalue weighted by Crippen LogP contribution is 2.30. The fraction of sp³-hybridized carbons (Fsp3) is 0.538. The van der Waals surface area contributed by atoms with Crippen molar-refractivity contribution in [3.8, 4) is 0 Å². The number of hydrogen-bond donors (Lipinski definition) is 2. The quantitative estimate of drug-likeness (QED) is 0.659. The summed E-state index contributed by atoms with van der Waals surface area (Å²) in [5, 5.41) is 3.46. The van der Waals surface area contributed by atoms with Crippen LogP contribution < -0.4 is 11.1 Å². The third-order valence-electron chi connectivity index (χ3n) is 3.16. The van der Waals surface area contributed by atoms with Crippen molar-refractivity contribution >= 4 is 33.4 Å². The lowest BCUT2D eigenvalue weighted by Crippen LogP contribution is -2.29. The Labute approximate surface area is 116 Å². The number of nitrogens with one attached hydrogen (secondary N) is 1. The van der Waals surface area contributed by atoms with E-state index in [1.807, 2.05) is 23.9 Å². The van der Waals surface area contributed by atoms with Gasteiger partial charge in [-0.05, 0) is 62.2 Å². The molecule has 1 aliphatic rings. The molecule has 94 valence electrons. The summed E-state index contributed by atoms with van der Waals surface area (Å²) in [6.45, 7) is 2.39. The topological polar surface area (TPSA) is 38.0 Å². The van der Waals surface area contributed by atoms with Crippen molar-refractivity contribution in [3.63, 3.8) is 0 Å². The number of nitrogen functional groups attached to an aromatic ring is 1. The van der Waals surface area contributed by atoms with Crippen molar-refractivity contribution in [2.24, 2.45) is 5.92 Å². The maximum Gasteiger partial charge on any atom is 0.0453 e. The van der Waals surface area contributed by atoms with Gasteiger partial charge in [-0.15, -0.1) is 11.8 Å². The monoisotopic (exact) mass is 314 g/mol. The Morgan fingerprint density at radius 2 is 2.35 bits per heavy atom. The molecule has 17 heavy (non-hydrogen) atoms. The van der Waals surface area contributed by atoms with Gasteiger partial charge in [0.2, 0.25) is 0 Å². The molecule has 2 rings (SSSR count). The summed E-state index contributed by atoms with van der Waals surface area (Å²) in [4.78, 5) is 1.20. The van der Waals surface area contributed by atoms with E-state index in [1.165, 1.54) is 37.2 Å². The first kappa shape index (κ1) is 13.2. The van der Waals surface area contributed by atoms with E-state index in [1.54, 1.807) is 0 Å². The van der Waals surface area contributed by atoms with Crippen LogP contribution >= 0.6 is 27.7 Å². The number of piperidine rings is 1. The second kappa shape index (κ2) is 6.66. The molecule has 1 aromatic rings. The molecular weight excluding hydrogens is 296 g/mol. The molecule has 3 N–H and O–H groups in total. The zero-order chi connectivity index (χ0) is 12.1. The Morgan fingerprint density at radius 3 is 3.12 bits per heavy atom. The van der Waals surface area contributed by atoms with E-state index in [-0.39, 0.29) is 0 Å². The van der Waals surface area contributed by atoms with Crippen molar-refractivity contribution in [2.75, 3.05) is 24.6 Å². The van der Waals surface area contributed by atoms with Gasteiger partial charge in [-0.3, -0.25) is 0 Å². The predicted molar refractivity (Wildman–Crippen MR) is 79.5 cm³/mol. The molecule has 0 aromatic heterocycles. The maximum absolute atomic E-state index is 5.95. The van der Waals surface area contributed by atoms with Gasteiger partial charge in [-0.25, -0.2) is 0 Å². The molecule has 1 saturated heterocycles. The molecule has 1 unspecified atom stereocenters.